The molecule has 0 radical (unpaired) electrons. The molecule has 0 saturated carbocycles. The molecule has 140 valence electrons. The van der Waals surface area contributed by atoms with E-state index in [0.717, 1.165) is 5.56 Å². The Labute approximate surface area is 154 Å². The average molecular weight is 376 g/mol. The van der Waals surface area contributed by atoms with Crippen molar-refractivity contribution in [3.05, 3.63) is 54.1 Å². The smallest absolute Gasteiger partial charge is 0.232 e. The fourth-order valence-electron chi connectivity index (χ4n) is 2.62. The van der Waals surface area contributed by atoms with Crippen molar-refractivity contribution in [1.29, 1.82) is 0 Å². The number of carbonyl (C=O) groups is 1. The number of para-hydroxylation sites is 1. The van der Waals surface area contributed by atoms with Crippen molar-refractivity contribution in [2.24, 2.45) is 0 Å². The Kier molecular flexibility index (Phi) is 6.63. The van der Waals surface area contributed by atoms with Crippen LogP contribution in [-0.2, 0) is 14.8 Å². The topological polar surface area (TPSA) is 75.7 Å². The second kappa shape index (κ2) is 8.71. The van der Waals surface area contributed by atoms with E-state index >= 15 is 0 Å². The van der Waals surface area contributed by atoms with Crippen LogP contribution in [0, 0.1) is 6.92 Å². The number of carbonyl (C=O) groups excluding carboxylic acids is 1. The van der Waals surface area contributed by atoms with Gasteiger partial charge in [0, 0.05) is 24.7 Å². The third-order valence-electron chi connectivity index (χ3n) is 3.90. The zero-order valence-electron chi connectivity index (χ0n) is 15.2. The van der Waals surface area contributed by atoms with Gasteiger partial charge in [0.05, 0.1) is 19.1 Å². The molecule has 2 aromatic rings. The molecular weight excluding hydrogens is 352 g/mol. The first-order chi connectivity index (χ1) is 12.3. The number of hydrogen-bond acceptors (Lipinski definition) is 4. The molecule has 0 fully saturated rings. The Morgan fingerprint density at radius 1 is 1.15 bits per heavy atom. The number of nitrogens with zero attached hydrogens (tertiary/aromatic N) is 1. The Balaban J connectivity index is 1.97. The molecule has 0 aliphatic heterocycles. The van der Waals surface area contributed by atoms with Gasteiger partial charge in [-0.1, -0.05) is 24.3 Å². The second-order valence-electron chi connectivity index (χ2n) is 6.01. The zero-order chi connectivity index (χ0) is 19.2. The van der Waals surface area contributed by atoms with Crippen LogP contribution >= 0.6 is 0 Å². The van der Waals surface area contributed by atoms with Crippen LogP contribution in [0.3, 0.4) is 0 Å². The molecule has 0 aliphatic rings. The number of methoxy groups -OCH3 is 1. The lowest BCUT2D eigenvalue weighted by molar-refractivity contribution is -0.116. The summed E-state index contributed by atoms with van der Waals surface area (Å²) in [5, 5.41) is 2.79. The van der Waals surface area contributed by atoms with E-state index in [2.05, 4.69) is 5.32 Å². The number of ether oxygens (including phenoxy) is 1. The third-order valence-corrected chi connectivity index (χ3v) is 5.08. The van der Waals surface area contributed by atoms with Crippen molar-refractivity contribution >= 4 is 27.3 Å². The van der Waals surface area contributed by atoms with Gasteiger partial charge >= 0.3 is 0 Å². The van der Waals surface area contributed by atoms with E-state index in [9.17, 15) is 13.2 Å². The maximum absolute atomic E-state index is 12.1. The van der Waals surface area contributed by atoms with E-state index in [0.29, 0.717) is 23.5 Å². The van der Waals surface area contributed by atoms with Crippen molar-refractivity contribution in [1.82, 2.24) is 0 Å². The van der Waals surface area contributed by atoms with Crippen LogP contribution in [0.2, 0.25) is 0 Å². The minimum atomic E-state index is -3.42. The summed E-state index contributed by atoms with van der Waals surface area (Å²) in [6.45, 7) is 2.11. The summed E-state index contributed by atoms with van der Waals surface area (Å²) >= 11 is 0. The van der Waals surface area contributed by atoms with Crippen LogP contribution in [0.1, 0.15) is 18.4 Å². The van der Waals surface area contributed by atoms with Gasteiger partial charge in [-0.25, -0.2) is 8.42 Å². The predicted octanol–water partition coefficient (Wildman–Crippen LogP) is 3.19. The number of anilines is 2. The van der Waals surface area contributed by atoms with E-state index in [-0.39, 0.29) is 18.9 Å². The minimum Gasteiger partial charge on any atom is -0.497 e. The van der Waals surface area contributed by atoms with Gasteiger partial charge in [0.2, 0.25) is 15.9 Å². The first-order valence-corrected chi connectivity index (χ1v) is 10.1. The molecule has 0 saturated heterocycles. The van der Waals surface area contributed by atoms with Gasteiger partial charge < -0.3 is 10.1 Å². The summed E-state index contributed by atoms with van der Waals surface area (Å²) in [6, 6.07) is 14.4. The molecule has 26 heavy (non-hydrogen) atoms. The van der Waals surface area contributed by atoms with Gasteiger partial charge in [0.15, 0.2) is 0 Å². The van der Waals surface area contributed by atoms with Crippen LogP contribution < -0.4 is 14.4 Å². The summed E-state index contributed by atoms with van der Waals surface area (Å²) in [5.74, 6) is 0.488. The molecule has 0 heterocycles. The van der Waals surface area contributed by atoms with Gasteiger partial charge in [0.25, 0.3) is 0 Å². The summed E-state index contributed by atoms with van der Waals surface area (Å²) in [6.07, 6.45) is 1.81. The largest absolute Gasteiger partial charge is 0.497 e. The molecule has 7 heteroatoms. The van der Waals surface area contributed by atoms with Gasteiger partial charge in [0.1, 0.15) is 5.75 Å². The number of sulfonamides is 1. The molecular formula is C19H24N2O4S. The minimum absolute atomic E-state index is 0.170. The quantitative estimate of drug-likeness (QED) is 0.768. The van der Waals surface area contributed by atoms with Gasteiger partial charge in [-0.2, -0.15) is 0 Å². The Hall–Kier alpha value is -2.54. The average Bonchev–Trinajstić information content (AvgIpc) is 2.59. The van der Waals surface area contributed by atoms with E-state index in [1.54, 1.807) is 43.5 Å². The second-order valence-corrected chi connectivity index (χ2v) is 7.91. The summed E-state index contributed by atoms with van der Waals surface area (Å²) in [7, 11) is -1.86. The lowest BCUT2D eigenvalue weighted by Gasteiger charge is -2.24. The van der Waals surface area contributed by atoms with E-state index in [1.165, 1.54) is 10.6 Å². The van der Waals surface area contributed by atoms with Crippen molar-refractivity contribution in [2.75, 3.05) is 29.5 Å². The number of amides is 1. The highest BCUT2D eigenvalue weighted by atomic mass is 32.2. The fourth-order valence-corrected chi connectivity index (χ4v) is 3.64. The van der Waals surface area contributed by atoms with Crippen LogP contribution in [-0.4, -0.2) is 34.2 Å². The molecule has 6 nitrogen and oxygen atoms in total. The third kappa shape index (κ3) is 5.49. The van der Waals surface area contributed by atoms with Gasteiger partial charge in [-0.15, -0.1) is 0 Å². The number of nitrogens with one attached hydrogen (secondary N) is 1. The molecule has 2 aromatic carbocycles. The van der Waals surface area contributed by atoms with Crippen LogP contribution in [0.5, 0.6) is 5.75 Å². The predicted molar refractivity (Wildman–Crippen MR) is 104 cm³/mol. The standard InChI is InChI=1S/C19H24N2O4S/c1-15-8-4-5-11-18(15)21(26(3,23)24)13-7-12-19(22)20-16-9-6-10-17(14-16)25-2/h4-6,8-11,14H,7,12-13H2,1-3H3,(H,20,22). The molecule has 0 aromatic heterocycles. The lowest BCUT2D eigenvalue weighted by atomic mass is 10.2. The molecule has 0 spiro atoms. The fraction of sp³-hybridized carbons (Fsp3) is 0.316. The summed E-state index contributed by atoms with van der Waals surface area (Å²) in [4.78, 5) is 12.1. The van der Waals surface area contributed by atoms with Crippen molar-refractivity contribution < 1.29 is 17.9 Å². The van der Waals surface area contributed by atoms with Crippen LogP contribution in [0.15, 0.2) is 48.5 Å². The highest BCUT2D eigenvalue weighted by molar-refractivity contribution is 7.92. The molecule has 0 aliphatic carbocycles. The number of hydrogen-bond donors (Lipinski definition) is 1. The normalized spacial score (nSPS) is 11.0. The number of rotatable bonds is 8. The number of aryl methyl sites for hydroxylation is 1. The van der Waals surface area contributed by atoms with Crippen molar-refractivity contribution in [3.63, 3.8) is 0 Å². The SMILES string of the molecule is COc1cccc(NC(=O)CCCN(c2ccccc2C)S(C)(=O)=O)c1. The molecule has 0 unspecified atom stereocenters. The molecule has 1 N–H and O–H groups in total. The monoisotopic (exact) mass is 376 g/mol. The Bertz CT molecular complexity index is 865. The van der Waals surface area contributed by atoms with Crippen molar-refractivity contribution in [2.45, 2.75) is 19.8 Å². The van der Waals surface area contributed by atoms with Crippen LogP contribution in [0.25, 0.3) is 0 Å². The Morgan fingerprint density at radius 3 is 2.54 bits per heavy atom. The highest BCUT2D eigenvalue weighted by Gasteiger charge is 2.19. The van der Waals surface area contributed by atoms with E-state index < -0.39 is 10.0 Å². The maximum atomic E-state index is 12.1. The van der Waals surface area contributed by atoms with E-state index in [1.807, 2.05) is 19.1 Å². The Morgan fingerprint density at radius 2 is 1.88 bits per heavy atom. The first kappa shape index (κ1) is 19.8. The van der Waals surface area contributed by atoms with Crippen LogP contribution in [0.4, 0.5) is 11.4 Å². The number of benzene rings is 2. The maximum Gasteiger partial charge on any atom is 0.232 e. The molecule has 1 amide bonds. The summed E-state index contributed by atoms with van der Waals surface area (Å²) in [5.41, 5.74) is 2.16. The summed E-state index contributed by atoms with van der Waals surface area (Å²) < 4.78 is 30.7. The molecule has 0 bridgehead atoms. The van der Waals surface area contributed by atoms with Crippen molar-refractivity contribution in [3.8, 4) is 5.75 Å². The first-order valence-electron chi connectivity index (χ1n) is 8.28. The van der Waals surface area contributed by atoms with E-state index in [4.69, 9.17) is 4.74 Å². The van der Waals surface area contributed by atoms with Gasteiger partial charge in [-0.3, -0.25) is 9.10 Å². The highest BCUT2D eigenvalue weighted by Crippen LogP contribution is 2.22. The zero-order valence-corrected chi connectivity index (χ0v) is 16.0. The lowest BCUT2D eigenvalue weighted by Crippen LogP contribution is -2.32. The molecule has 2 rings (SSSR count). The van der Waals surface area contributed by atoms with Gasteiger partial charge in [-0.05, 0) is 37.1 Å². The molecule has 0 atom stereocenters.